The van der Waals surface area contributed by atoms with Crippen molar-refractivity contribution in [1.82, 2.24) is 5.01 Å². The van der Waals surface area contributed by atoms with E-state index in [9.17, 15) is 4.79 Å². The molecule has 0 bridgehead atoms. The maximum Gasteiger partial charge on any atom is 0.306 e. The average Bonchev–Trinajstić information content (AvgIpc) is 3.40. The molecule has 3 aliphatic heterocycles. The van der Waals surface area contributed by atoms with Crippen LogP contribution in [0.25, 0.3) is 0 Å². The van der Waals surface area contributed by atoms with Crippen LogP contribution in [0.2, 0.25) is 5.02 Å². The van der Waals surface area contributed by atoms with Gasteiger partial charge in [-0.25, -0.2) is 5.01 Å². The molecule has 6 rings (SSSR count). The summed E-state index contributed by atoms with van der Waals surface area (Å²) >= 11 is 6.11. The number of halogens is 1. The molecule has 3 aromatic rings. The van der Waals surface area contributed by atoms with Crippen LogP contribution in [-0.4, -0.2) is 23.7 Å². The number of carbonyl (C=O) groups is 1. The van der Waals surface area contributed by atoms with E-state index in [-0.39, 0.29) is 11.9 Å². The molecule has 3 aromatic carbocycles. The molecular formula is C26H22ClN3O3. The zero-order valence-electron chi connectivity index (χ0n) is 18.3. The van der Waals surface area contributed by atoms with Crippen molar-refractivity contribution in [2.24, 2.45) is 5.10 Å². The number of nitrogens with zero attached hydrogens (tertiary/aromatic N) is 2. The lowest BCUT2D eigenvalue weighted by atomic mass is 9.91. The van der Waals surface area contributed by atoms with E-state index < -0.39 is 5.72 Å². The van der Waals surface area contributed by atoms with Crippen molar-refractivity contribution in [3.63, 3.8) is 0 Å². The lowest BCUT2D eigenvalue weighted by Crippen LogP contribution is -2.55. The Kier molecular flexibility index (Phi) is 4.42. The van der Waals surface area contributed by atoms with Crippen molar-refractivity contribution in [1.29, 1.82) is 0 Å². The maximum atomic E-state index is 13.6. The largest absolute Gasteiger partial charge is 0.493 e. The number of aryl methyl sites for hydroxylation is 1. The van der Waals surface area contributed by atoms with Crippen LogP contribution < -0.4 is 14.8 Å². The first kappa shape index (κ1) is 20.1. The van der Waals surface area contributed by atoms with Crippen LogP contribution in [0.15, 0.2) is 65.8 Å². The predicted octanol–water partition coefficient (Wildman–Crippen LogP) is 5.26. The van der Waals surface area contributed by atoms with Crippen molar-refractivity contribution in [2.45, 2.75) is 31.5 Å². The summed E-state index contributed by atoms with van der Waals surface area (Å²) in [4.78, 5) is 13.6. The quantitative estimate of drug-likeness (QED) is 0.580. The Morgan fingerprint density at radius 2 is 2.03 bits per heavy atom. The molecule has 0 radical (unpaired) electrons. The van der Waals surface area contributed by atoms with Crippen molar-refractivity contribution in [3.05, 3.63) is 87.9 Å². The smallest absolute Gasteiger partial charge is 0.306 e. The minimum Gasteiger partial charge on any atom is -0.493 e. The Labute approximate surface area is 196 Å². The van der Waals surface area contributed by atoms with Crippen molar-refractivity contribution < 1.29 is 14.3 Å². The van der Waals surface area contributed by atoms with Crippen LogP contribution in [0.5, 0.6) is 11.5 Å². The summed E-state index contributed by atoms with van der Waals surface area (Å²) < 4.78 is 12.2. The van der Waals surface area contributed by atoms with E-state index >= 15 is 0 Å². The summed E-state index contributed by atoms with van der Waals surface area (Å²) in [5.41, 5.74) is 4.01. The number of hydrogen-bond donors (Lipinski definition) is 1. The third kappa shape index (κ3) is 2.80. The second-order valence-electron chi connectivity index (χ2n) is 8.43. The molecule has 3 aliphatic rings. The number of hydrogen-bond acceptors (Lipinski definition) is 5. The number of methoxy groups -OCH3 is 1. The van der Waals surface area contributed by atoms with Crippen LogP contribution >= 0.6 is 11.6 Å². The molecule has 3 heterocycles. The summed E-state index contributed by atoms with van der Waals surface area (Å²) in [6.45, 7) is 2.09. The van der Waals surface area contributed by atoms with E-state index in [0.717, 1.165) is 40.1 Å². The van der Waals surface area contributed by atoms with Crippen LogP contribution in [0.1, 0.15) is 41.6 Å². The Balaban J connectivity index is 1.59. The van der Waals surface area contributed by atoms with Crippen molar-refractivity contribution >= 4 is 28.9 Å². The zero-order valence-corrected chi connectivity index (χ0v) is 19.0. The Morgan fingerprint density at radius 3 is 2.79 bits per heavy atom. The van der Waals surface area contributed by atoms with Gasteiger partial charge < -0.3 is 14.8 Å². The van der Waals surface area contributed by atoms with Gasteiger partial charge in [0.25, 0.3) is 5.91 Å². The van der Waals surface area contributed by atoms with Gasteiger partial charge in [0.15, 0.2) is 11.5 Å². The summed E-state index contributed by atoms with van der Waals surface area (Å²) in [7, 11) is 1.61. The van der Waals surface area contributed by atoms with E-state index in [1.54, 1.807) is 7.11 Å². The molecule has 0 unspecified atom stereocenters. The number of fused-ring (bicyclic) bond motifs is 6. The fourth-order valence-electron chi connectivity index (χ4n) is 4.98. The van der Waals surface area contributed by atoms with Crippen molar-refractivity contribution in [3.8, 4) is 11.5 Å². The number of amides is 1. The minimum absolute atomic E-state index is 0.184. The second-order valence-corrected chi connectivity index (χ2v) is 8.87. The number of ether oxygens (including phenoxy) is 2. The number of para-hydroxylation sites is 1. The average molecular weight is 460 g/mol. The van der Waals surface area contributed by atoms with Crippen molar-refractivity contribution in [2.75, 3.05) is 12.4 Å². The third-order valence-corrected chi connectivity index (χ3v) is 6.91. The maximum absolute atomic E-state index is 13.6. The highest BCUT2D eigenvalue weighted by Crippen LogP contribution is 2.56. The molecule has 2 atom stereocenters. The number of anilines is 1. The number of benzene rings is 3. The predicted molar refractivity (Wildman–Crippen MR) is 127 cm³/mol. The van der Waals surface area contributed by atoms with Gasteiger partial charge in [-0.2, -0.15) is 5.10 Å². The lowest BCUT2D eigenvalue weighted by Gasteiger charge is -2.44. The highest BCUT2D eigenvalue weighted by atomic mass is 35.5. The fourth-order valence-corrected chi connectivity index (χ4v) is 5.10. The number of hydrazone groups is 1. The van der Waals surface area contributed by atoms with Gasteiger partial charge in [-0.3, -0.25) is 4.79 Å². The molecule has 1 amide bonds. The number of nitrogens with one attached hydrogen (secondary N) is 1. The molecule has 0 aromatic heterocycles. The van der Waals surface area contributed by atoms with Crippen LogP contribution in [-0.2, 0) is 16.9 Å². The highest BCUT2D eigenvalue weighted by molar-refractivity contribution is 6.30. The molecular weight excluding hydrogens is 438 g/mol. The van der Waals surface area contributed by atoms with E-state index in [0.29, 0.717) is 22.9 Å². The Hall–Kier alpha value is -3.51. The molecule has 166 valence electrons. The minimum atomic E-state index is -1.42. The summed E-state index contributed by atoms with van der Waals surface area (Å²) in [6.07, 6.45) is 1.48. The normalized spacial score (nSPS) is 22.3. The molecule has 0 aliphatic carbocycles. The molecule has 0 saturated carbocycles. The number of carbonyl (C=O) groups excluding carboxylic acids is 1. The first-order valence-electron chi connectivity index (χ1n) is 11.0. The second kappa shape index (κ2) is 7.25. The van der Waals surface area contributed by atoms with Gasteiger partial charge in [0.05, 0.1) is 30.1 Å². The highest BCUT2D eigenvalue weighted by Gasteiger charge is 2.61. The van der Waals surface area contributed by atoms with Gasteiger partial charge in [0.2, 0.25) is 0 Å². The molecule has 1 N–H and O–H groups in total. The lowest BCUT2D eigenvalue weighted by molar-refractivity contribution is -0.161. The summed E-state index contributed by atoms with van der Waals surface area (Å²) in [5, 5.41) is 10.5. The molecule has 0 fully saturated rings. The van der Waals surface area contributed by atoms with Gasteiger partial charge >= 0.3 is 5.72 Å². The zero-order chi connectivity index (χ0) is 22.7. The van der Waals surface area contributed by atoms with Gasteiger partial charge in [-0.15, -0.1) is 0 Å². The molecule has 1 spiro atoms. The molecule has 0 saturated heterocycles. The fraction of sp³-hybridized carbons (Fsp3) is 0.231. The van der Waals surface area contributed by atoms with E-state index in [1.165, 1.54) is 0 Å². The van der Waals surface area contributed by atoms with Crippen LogP contribution in [0.3, 0.4) is 0 Å². The molecule has 6 nitrogen and oxygen atoms in total. The summed E-state index contributed by atoms with van der Waals surface area (Å²) in [5.74, 6) is 0.923. The first-order chi connectivity index (χ1) is 16.0. The Morgan fingerprint density at radius 1 is 1.21 bits per heavy atom. The van der Waals surface area contributed by atoms with Gasteiger partial charge in [-0.1, -0.05) is 48.9 Å². The van der Waals surface area contributed by atoms with E-state index in [4.69, 9.17) is 26.2 Å². The molecule has 7 heteroatoms. The van der Waals surface area contributed by atoms with E-state index in [2.05, 4.69) is 12.2 Å². The topological polar surface area (TPSA) is 63.2 Å². The molecule has 33 heavy (non-hydrogen) atoms. The van der Waals surface area contributed by atoms with Gasteiger partial charge in [0, 0.05) is 17.0 Å². The monoisotopic (exact) mass is 459 g/mol. The van der Waals surface area contributed by atoms with Crippen LogP contribution in [0, 0.1) is 0 Å². The number of rotatable bonds is 3. The van der Waals surface area contributed by atoms with E-state index in [1.807, 2.05) is 65.7 Å². The van der Waals surface area contributed by atoms with Gasteiger partial charge in [0.1, 0.15) is 0 Å². The summed E-state index contributed by atoms with van der Waals surface area (Å²) in [6, 6.07) is 19.3. The van der Waals surface area contributed by atoms with Gasteiger partial charge in [-0.05, 0) is 47.9 Å². The Bertz CT molecular complexity index is 1320. The van der Waals surface area contributed by atoms with Crippen LogP contribution in [0.4, 0.5) is 5.69 Å². The standard InChI is InChI=1S/C26H22ClN3O3/c1-3-15-7-12-20-19(13-15)26(25(31)28-20)30-22(18-5-4-6-23(32-2)24(18)33-26)14-21(29-30)16-8-10-17(27)11-9-16/h4-13,22H,3,14H2,1-2H3,(H,28,31)/t22-,26+/m0/s1. The third-order valence-electron chi connectivity index (χ3n) is 6.66. The SMILES string of the molecule is CCc1ccc2c(c1)[C@@]1(Oc3c(OC)cccc3[C@@H]3CC(c4ccc(Cl)cc4)=NN31)C(=O)N2. The first-order valence-corrected chi connectivity index (χ1v) is 11.4.